The summed E-state index contributed by atoms with van der Waals surface area (Å²) in [5.41, 5.74) is 14.2. The van der Waals surface area contributed by atoms with E-state index in [-0.39, 0.29) is 0 Å². The first-order valence-electron chi connectivity index (χ1n) is 16.9. The Labute approximate surface area is 273 Å². The van der Waals surface area contributed by atoms with Crippen molar-refractivity contribution in [3.05, 3.63) is 136 Å². The molecule has 1 heterocycles. The van der Waals surface area contributed by atoms with E-state index in [0.717, 1.165) is 53.9 Å². The molecule has 0 unspecified atom stereocenters. The van der Waals surface area contributed by atoms with Gasteiger partial charge in [0, 0.05) is 43.2 Å². The highest BCUT2D eigenvalue weighted by Gasteiger charge is 2.29. The van der Waals surface area contributed by atoms with E-state index < -0.39 is 0 Å². The van der Waals surface area contributed by atoms with Crippen LogP contribution in [0, 0.1) is 0 Å². The first-order chi connectivity index (χ1) is 21.9. The molecule has 1 aliphatic heterocycles. The largest absolute Gasteiger partial charge is 0.332 e. The highest BCUT2D eigenvalue weighted by Crippen LogP contribution is 2.41. The number of unbranched alkanes of at least 4 members (excludes halogenated alkanes) is 3. The molecule has 0 fully saturated rings. The zero-order valence-electron chi connectivity index (χ0n) is 28.7. The molecule has 0 atom stereocenters. The van der Waals surface area contributed by atoms with E-state index in [2.05, 4.69) is 161 Å². The molecule has 0 radical (unpaired) electrons. The molecule has 2 N–H and O–H groups in total. The maximum atomic E-state index is 6.23. The summed E-state index contributed by atoms with van der Waals surface area (Å²) in [6.45, 7) is 16.8. The maximum absolute atomic E-state index is 6.23. The predicted molar refractivity (Wildman–Crippen MR) is 199 cm³/mol. The SMILES string of the molecule is C=C1C(c2ccc(=C\CCC)/c(=C\CCC)c2)=CN(CCN)/C(=C(/C(=C\C)c2ccccc2)c2ccccc2)N1C.CCCC. The van der Waals surface area contributed by atoms with E-state index in [9.17, 15) is 0 Å². The molecule has 0 amide bonds. The second-order valence-corrected chi connectivity index (χ2v) is 11.5. The smallest absolute Gasteiger partial charge is 0.121 e. The third-order valence-corrected chi connectivity index (χ3v) is 8.09. The van der Waals surface area contributed by atoms with Crippen LogP contribution < -0.4 is 16.2 Å². The number of hydrogen-bond acceptors (Lipinski definition) is 3. The molecule has 0 saturated heterocycles. The van der Waals surface area contributed by atoms with Gasteiger partial charge in [-0.05, 0) is 58.5 Å². The van der Waals surface area contributed by atoms with Crippen molar-refractivity contribution in [3.63, 3.8) is 0 Å². The third-order valence-electron chi connectivity index (χ3n) is 8.09. The second kappa shape index (κ2) is 18.7. The van der Waals surface area contributed by atoms with Crippen molar-refractivity contribution in [2.75, 3.05) is 20.1 Å². The summed E-state index contributed by atoms with van der Waals surface area (Å²) in [5.74, 6) is 1.08. The van der Waals surface area contributed by atoms with Gasteiger partial charge in [-0.2, -0.15) is 0 Å². The Morgan fingerprint density at radius 1 is 0.756 bits per heavy atom. The van der Waals surface area contributed by atoms with Crippen LogP contribution in [-0.4, -0.2) is 29.9 Å². The van der Waals surface area contributed by atoms with Crippen LogP contribution in [0.4, 0.5) is 0 Å². The summed E-state index contributed by atoms with van der Waals surface area (Å²) in [6.07, 6.45) is 16.3. The van der Waals surface area contributed by atoms with E-state index in [1.165, 1.54) is 40.0 Å². The standard InChI is InChI=1S/C38H45N3.C4H10/c1-6-9-17-30-23-24-34(27-33(30)18-10-7-2)36-28-41(26-25-39)38(40(5)29(36)4)37(32-21-15-12-16-22-32)35(8-3)31-19-13-11-14-20-31;1-3-4-2/h8,11-24,27-28H,4,6-7,9-10,25-26,39H2,1-3,5H3;3-4H2,1-2H3/b30-17+,33-18-,35-8-,38-37+;. The zero-order chi connectivity index (χ0) is 32.6. The van der Waals surface area contributed by atoms with Gasteiger partial charge in [0.2, 0.25) is 0 Å². The number of nitrogens with two attached hydrogens (primary N) is 1. The molecule has 45 heavy (non-hydrogen) atoms. The molecular weight excluding hydrogens is 546 g/mol. The molecule has 3 aromatic carbocycles. The van der Waals surface area contributed by atoms with Crippen LogP contribution in [-0.2, 0) is 0 Å². The van der Waals surface area contributed by atoms with Crippen molar-refractivity contribution in [3.8, 4) is 0 Å². The van der Waals surface area contributed by atoms with E-state index >= 15 is 0 Å². The highest BCUT2D eigenvalue weighted by molar-refractivity contribution is 6.06. The highest BCUT2D eigenvalue weighted by atomic mass is 15.3. The summed E-state index contributed by atoms with van der Waals surface area (Å²) in [5, 5.41) is 2.61. The Morgan fingerprint density at radius 2 is 1.33 bits per heavy atom. The number of hydrogen-bond donors (Lipinski definition) is 1. The molecule has 3 aromatic rings. The molecule has 0 bridgehead atoms. The van der Waals surface area contributed by atoms with Crippen molar-refractivity contribution in [1.29, 1.82) is 0 Å². The van der Waals surface area contributed by atoms with Crippen molar-refractivity contribution in [1.82, 2.24) is 9.80 Å². The molecule has 3 heteroatoms. The monoisotopic (exact) mass is 601 g/mol. The van der Waals surface area contributed by atoms with Crippen LogP contribution in [0.25, 0.3) is 28.9 Å². The quantitative estimate of drug-likeness (QED) is 0.238. The van der Waals surface area contributed by atoms with Crippen LogP contribution in [0.15, 0.2) is 109 Å². The van der Waals surface area contributed by atoms with Gasteiger partial charge in [-0.3, -0.25) is 0 Å². The van der Waals surface area contributed by atoms with Crippen LogP contribution >= 0.6 is 0 Å². The van der Waals surface area contributed by atoms with Crippen LogP contribution in [0.1, 0.15) is 89.8 Å². The van der Waals surface area contributed by atoms with Crippen LogP contribution in [0.3, 0.4) is 0 Å². The molecule has 0 aromatic heterocycles. The molecule has 3 nitrogen and oxygen atoms in total. The lowest BCUT2D eigenvalue weighted by molar-refractivity contribution is 0.335. The van der Waals surface area contributed by atoms with E-state index in [4.69, 9.17) is 5.73 Å². The average molecular weight is 602 g/mol. The lowest BCUT2D eigenvalue weighted by atomic mass is 9.90. The Balaban J connectivity index is 0.00000130. The van der Waals surface area contributed by atoms with Crippen molar-refractivity contribution >= 4 is 28.9 Å². The fourth-order valence-electron chi connectivity index (χ4n) is 5.44. The molecule has 4 rings (SSSR count). The summed E-state index contributed by atoms with van der Waals surface area (Å²) in [6, 6.07) is 28.1. The minimum atomic E-state index is 0.534. The Hall–Kier alpha value is -4.08. The van der Waals surface area contributed by atoms with Gasteiger partial charge in [-0.15, -0.1) is 0 Å². The lowest BCUT2D eigenvalue weighted by Crippen LogP contribution is -2.38. The minimum absolute atomic E-state index is 0.534. The van der Waals surface area contributed by atoms with E-state index in [1.807, 2.05) is 0 Å². The zero-order valence-corrected chi connectivity index (χ0v) is 28.7. The van der Waals surface area contributed by atoms with Gasteiger partial charge in [-0.1, -0.05) is 151 Å². The molecular formula is C42H55N3. The molecule has 0 aliphatic carbocycles. The number of benzene rings is 3. The Kier molecular flexibility index (Phi) is 14.7. The summed E-state index contributed by atoms with van der Waals surface area (Å²) >= 11 is 0. The molecule has 0 saturated carbocycles. The van der Waals surface area contributed by atoms with Gasteiger partial charge in [0.05, 0.1) is 0 Å². The number of likely N-dealkylation sites (N-methyl/N-ethyl adjacent to an activating group) is 1. The molecule has 0 spiro atoms. The maximum Gasteiger partial charge on any atom is 0.121 e. The number of nitrogens with zero attached hydrogens (tertiary/aromatic N) is 2. The van der Waals surface area contributed by atoms with Crippen molar-refractivity contribution in [2.24, 2.45) is 5.73 Å². The lowest BCUT2D eigenvalue weighted by Gasteiger charge is -2.40. The van der Waals surface area contributed by atoms with Gasteiger partial charge in [0.15, 0.2) is 0 Å². The third kappa shape index (κ3) is 9.22. The Morgan fingerprint density at radius 3 is 1.87 bits per heavy atom. The topological polar surface area (TPSA) is 32.5 Å². The minimum Gasteiger partial charge on any atom is -0.332 e. The van der Waals surface area contributed by atoms with Crippen LogP contribution in [0.5, 0.6) is 0 Å². The summed E-state index contributed by atoms with van der Waals surface area (Å²) < 4.78 is 0. The molecule has 1 aliphatic rings. The normalized spacial score (nSPS) is 15.6. The van der Waals surface area contributed by atoms with E-state index in [0.29, 0.717) is 13.1 Å². The van der Waals surface area contributed by atoms with Crippen molar-refractivity contribution < 1.29 is 0 Å². The van der Waals surface area contributed by atoms with Gasteiger partial charge in [-0.25, -0.2) is 0 Å². The van der Waals surface area contributed by atoms with Gasteiger partial charge in [0.25, 0.3) is 0 Å². The first-order valence-corrected chi connectivity index (χ1v) is 16.9. The average Bonchev–Trinajstić information content (AvgIpc) is 3.08. The van der Waals surface area contributed by atoms with Gasteiger partial charge in [0.1, 0.15) is 5.82 Å². The Bertz CT molecular complexity index is 1570. The number of rotatable bonds is 11. The van der Waals surface area contributed by atoms with E-state index in [1.54, 1.807) is 0 Å². The number of allylic oxidation sites excluding steroid dienone is 4. The predicted octanol–water partition coefficient (Wildman–Crippen LogP) is 9.19. The fraction of sp³-hybridized carbons (Fsp3) is 0.333. The fourth-order valence-corrected chi connectivity index (χ4v) is 5.44. The first kappa shape index (κ1) is 35.4. The van der Waals surface area contributed by atoms with Gasteiger partial charge >= 0.3 is 0 Å². The van der Waals surface area contributed by atoms with Crippen molar-refractivity contribution in [2.45, 2.75) is 73.1 Å². The summed E-state index contributed by atoms with van der Waals surface area (Å²) in [4.78, 5) is 4.55. The van der Waals surface area contributed by atoms with Gasteiger partial charge < -0.3 is 15.5 Å². The molecule has 238 valence electrons. The second-order valence-electron chi connectivity index (χ2n) is 11.5. The van der Waals surface area contributed by atoms with Crippen LogP contribution in [0.2, 0.25) is 0 Å². The summed E-state index contributed by atoms with van der Waals surface area (Å²) in [7, 11) is 2.13.